The first kappa shape index (κ1) is 16.9. The average Bonchev–Trinajstić information content (AvgIpc) is 2.58. The molecule has 120 valence electrons. The number of benzene rings is 2. The lowest BCUT2D eigenvalue weighted by molar-refractivity contribution is 0.104. The van der Waals surface area contributed by atoms with Crippen LogP contribution >= 0.6 is 11.6 Å². The molecule has 0 unspecified atom stereocenters. The summed E-state index contributed by atoms with van der Waals surface area (Å²) in [7, 11) is 4.52. The molecule has 0 saturated heterocycles. The molecular weight excluding hydrogens is 316 g/mol. The van der Waals surface area contributed by atoms with Gasteiger partial charge in [-0.2, -0.15) is 0 Å². The van der Waals surface area contributed by atoms with E-state index in [0.717, 1.165) is 5.56 Å². The van der Waals surface area contributed by atoms with Gasteiger partial charge in [0.15, 0.2) is 5.78 Å². The van der Waals surface area contributed by atoms with Crippen molar-refractivity contribution in [1.29, 1.82) is 0 Å². The third-order valence-corrected chi connectivity index (χ3v) is 3.47. The van der Waals surface area contributed by atoms with E-state index in [-0.39, 0.29) is 5.78 Å². The summed E-state index contributed by atoms with van der Waals surface area (Å²) in [6, 6.07) is 10.5. The van der Waals surface area contributed by atoms with Crippen molar-refractivity contribution in [3.63, 3.8) is 0 Å². The molecule has 2 aromatic rings. The van der Waals surface area contributed by atoms with Crippen molar-refractivity contribution >= 4 is 23.5 Å². The molecule has 0 heterocycles. The zero-order valence-corrected chi connectivity index (χ0v) is 13.9. The van der Waals surface area contributed by atoms with Crippen LogP contribution in [-0.2, 0) is 0 Å². The molecule has 0 radical (unpaired) electrons. The molecule has 0 fully saturated rings. The van der Waals surface area contributed by atoms with Crippen LogP contribution in [0.2, 0.25) is 5.02 Å². The Kier molecular flexibility index (Phi) is 5.66. The van der Waals surface area contributed by atoms with E-state index in [1.807, 2.05) is 12.1 Å². The van der Waals surface area contributed by atoms with Gasteiger partial charge in [0.25, 0.3) is 0 Å². The van der Waals surface area contributed by atoms with Crippen molar-refractivity contribution in [3.8, 4) is 17.2 Å². The Morgan fingerprint density at radius 2 is 1.65 bits per heavy atom. The molecule has 0 aliphatic carbocycles. The highest BCUT2D eigenvalue weighted by molar-refractivity contribution is 6.30. The SMILES string of the molecule is COc1cc(OC)c(C(=O)/C=C/c2cccc(Cl)c2)c(OC)c1. The fourth-order valence-electron chi connectivity index (χ4n) is 2.11. The van der Waals surface area contributed by atoms with E-state index in [4.69, 9.17) is 25.8 Å². The van der Waals surface area contributed by atoms with Crippen molar-refractivity contribution in [3.05, 3.63) is 58.6 Å². The van der Waals surface area contributed by atoms with Crippen molar-refractivity contribution in [2.45, 2.75) is 0 Å². The fourth-order valence-corrected chi connectivity index (χ4v) is 2.31. The Labute approximate surface area is 140 Å². The van der Waals surface area contributed by atoms with E-state index in [1.54, 1.807) is 30.3 Å². The first-order valence-electron chi connectivity index (χ1n) is 6.87. The molecule has 0 N–H and O–H groups in total. The zero-order chi connectivity index (χ0) is 16.8. The van der Waals surface area contributed by atoms with Crippen LogP contribution in [0.1, 0.15) is 15.9 Å². The molecular formula is C18H17ClO4. The summed E-state index contributed by atoms with van der Waals surface area (Å²) < 4.78 is 15.7. The molecule has 0 atom stereocenters. The number of allylic oxidation sites excluding steroid dienone is 1. The van der Waals surface area contributed by atoms with Crippen LogP contribution in [0.3, 0.4) is 0 Å². The molecule has 23 heavy (non-hydrogen) atoms. The van der Waals surface area contributed by atoms with Crippen LogP contribution in [0.25, 0.3) is 6.08 Å². The zero-order valence-electron chi connectivity index (χ0n) is 13.1. The molecule has 0 saturated carbocycles. The van der Waals surface area contributed by atoms with Crippen molar-refractivity contribution in [1.82, 2.24) is 0 Å². The minimum Gasteiger partial charge on any atom is -0.496 e. The van der Waals surface area contributed by atoms with Crippen LogP contribution in [0.15, 0.2) is 42.5 Å². The van der Waals surface area contributed by atoms with Gasteiger partial charge in [0.1, 0.15) is 22.8 Å². The Bertz CT molecular complexity index is 713. The van der Waals surface area contributed by atoms with Gasteiger partial charge in [-0.05, 0) is 23.8 Å². The summed E-state index contributed by atoms with van der Waals surface area (Å²) in [6.45, 7) is 0. The van der Waals surface area contributed by atoms with Crippen LogP contribution in [-0.4, -0.2) is 27.1 Å². The quantitative estimate of drug-likeness (QED) is 0.585. The third kappa shape index (κ3) is 4.05. The number of ether oxygens (including phenoxy) is 3. The van der Waals surface area contributed by atoms with Gasteiger partial charge in [-0.15, -0.1) is 0 Å². The predicted octanol–water partition coefficient (Wildman–Crippen LogP) is 4.26. The number of halogens is 1. The van der Waals surface area contributed by atoms with Gasteiger partial charge < -0.3 is 14.2 Å². The lowest BCUT2D eigenvalue weighted by Gasteiger charge is -2.13. The minimum atomic E-state index is -0.235. The molecule has 5 heteroatoms. The van der Waals surface area contributed by atoms with Gasteiger partial charge >= 0.3 is 0 Å². The normalized spacial score (nSPS) is 10.6. The number of carbonyl (C=O) groups excluding carboxylic acids is 1. The molecule has 4 nitrogen and oxygen atoms in total. The summed E-state index contributed by atoms with van der Waals surface area (Å²) in [5, 5.41) is 0.610. The monoisotopic (exact) mass is 332 g/mol. The van der Waals surface area contributed by atoms with Gasteiger partial charge in [0.05, 0.1) is 21.3 Å². The average molecular weight is 333 g/mol. The largest absolute Gasteiger partial charge is 0.496 e. The van der Waals surface area contributed by atoms with Gasteiger partial charge in [-0.1, -0.05) is 29.8 Å². The Morgan fingerprint density at radius 3 is 2.17 bits per heavy atom. The second-order valence-corrected chi connectivity index (χ2v) is 5.10. The van der Waals surface area contributed by atoms with Crippen molar-refractivity contribution in [2.24, 2.45) is 0 Å². The van der Waals surface area contributed by atoms with Crippen LogP contribution < -0.4 is 14.2 Å². The summed E-state index contributed by atoms with van der Waals surface area (Å²) in [6.07, 6.45) is 3.15. The van der Waals surface area contributed by atoms with Crippen molar-refractivity contribution in [2.75, 3.05) is 21.3 Å². The maximum absolute atomic E-state index is 12.5. The molecule has 0 spiro atoms. The molecule has 0 aromatic heterocycles. The number of hydrogen-bond donors (Lipinski definition) is 0. The minimum absolute atomic E-state index is 0.235. The standard InChI is InChI=1S/C18H17ClO4/c1-21-14-10-16(22-2)18(17(11-14)23-3)15(20)8-7-12-5-4-6-13(19)9-12/h4-11H,1-3H3/b8-7+. The van der Waals surface area contributed by atoms with E-state index >= 15 is 0 Å². The molecule has 2 aromatic carbocycles. The fraction of sp³-hybridized carbons (Fsp3) is 0.167. The molecule has 0 amide bonds. The number of carbonyl (C=O) groups is 1. The maximum atomic E-state index is 12.5. The highest BCUT2D eigenvalue weighted by Gasteiger charge is 2.18. The maximum Gasteiger partial charge on any atom is 0.193 e. The van der Waals surface area contributed by atoms with E-state index in [1.165, 1.54) is 27.4 Å². The second-order valence-electron chi connectivity index (χ2n) is 4.66. The number of rotatable bonds is 6. The summed E-state index contributed by atoms with van der Waals surface area (Å²) in [5.74, 6) is 1.10. The summed E-state index contributed by atoms with van der Waals surface area (Å²) in [4.78, 5) is 12.5. The lowest BCUT2D eigenvalue weighted by Crippen LogP contribution is -2.03. The molecule has 0 bridgehead atoms. The van der Waals surface area contributed by atoms with Gasteiger partial charge in [-0.3, -0.25) is 4.79 Å². The van der Waals surface area contributed by atoms with E-state index < -0.39 is 0 Å². The topological polar surface area (TPSA) is 44.8 Å². The third-order valence-electron chi connectivity index (χ3n) is 3.24. The first-order chi connectivity index (χ1) is 11.1. The number of ketones is 1. The predicted molar refractivity (Wildman–Crippen MR) is 90.9 cm³/mol. The lowest BCUT2D eigenvalue weighted by atomic mass is 10.1. The van der Waals surface area contributed by atoms with Crippen LogP contribution in [0, 0.1) is 0 Å². The Balaban J connectivity index is 2.38. The number of hydrogen-bond acceptors (Lipinski definition) is 4. The molecule has 0 aliphatic rings. The van der Waals surface area contributed by atoms with E-state index in [0.29, 0.717) is 27.8 Å². The Morgan fingerprint density at radius 1 is 1.00 bits per heavy atom. The highest BCUT2D eigenvalue weighted by Crippen LogP contribution is 2.34. The van der Waals surface area contributed by atoms with Gasteiger partial charge in [0.2, 0.25) is 0 Å². The molecule has 2 rings (SSSR count). The summed E-state index contributed by atoms with van der Waals surface area (Å²) >= 11 is 5.93. The first-order valence-corrected chi connectivity index (χ1v) is 7.24. The second kappa shape index (κ2) is 7.70. The summed E-state index contributed by atoms with van der Waals surface area (Å²) in [5.41, 5.74) is 1.17. The molecule has 0 aliphatic heterocycles. The smallest absolute Gasteiger partial charge is 0.193 e. The van der Waals surface area contributed by atoms with Gasteiger partial charge in [-0.25, -0.2) is 0 Å². The number of methoxy groups -OCH3 is 3. The van der Waals surface area contributed by atoms with E-state index in [9.17, 15) is 4.79 Å². The Hall–Kier alpha value is -2.46. The van der Waals surface area contributed by atoms with Crippen LogP contribution in [0.4, 0.5) is 0 Å². The van der Waals surface area contributed by atoms with Crippen molar-refractivity contribution < 1.29 is 19.0 Å². The van der Waals surface area contributed by atoms with Gasteiger partial charge in [0, 0.05) is 17.2 Å². The highest BCUT2D eigenvalue weighted by atomic mass is 35.5. The van der Waals surface area contributed by atoms with E-state index in [2.05, 4.69) is 0 Å². The van der Waals surface area contributed by atoms with Crippen LogP contribution in [0.5, 0.6) is 17.2 Å².